The molecule has 2 aromatic carbocycles. The molecule has 2 heterocycles. The first kappa shape index (κ1) is 20.9. The van der Waals surface area contributed by atoms with Crippen LogP contribution in [0.15, 0.2) is 48.5 Å². The van der Waals surface area contributed by atoms with Gasteiger partial charge in [0, 0.05) is 38.0 Å². The summed E-state index contributed by atoms with van der Waals surface area (Å²) in [5.41, 5.74) is 3.22. The van der Waals surface area contributed by atoms with Gasteiger partial charge in [0.05, 0.1) is 11.0 Å². The third-order valence-corrected chi connectivity index (χ3v) is 5.36. The number of hydrogen-bond acceptors (Lipinski definition) is 4. The predicted molar refractivity (Wildman–Crippen MR) is 120 cm³/mol. The zero-order valence-electron chi connectivity index (χ0n) is 17.6. The van der Waals surface area contributed by atoms with Gasteiger partial charge in [0.2, 0.25) is 5.91 Å². The second kappa shape index (κ2) is 9.61. The second-order valence-electron chi connectivity index (χ2n) is 7.63. The Morgan fingerprint density at radius 1 is 1.13 bits per heavy atom. The van der Waals surface area contributed by atoms with Gasteiger partial charge in [-0.3, -0.25) is 4.79 Å². The van der Waals surface area contributed by atoms with Crippen molar-refractivity contribution < 1.29 is 14.3 Å². The minimum atomic E-state index is -0.302. The number of aryl methyl sites for hydroxylation is 2. The highest BCUT2D eigenvalue weighted by molar-refractivity contribution is 6.00. The van der Waals surface area contributed by atoms with E-state index in [0.29, 0.717) is 18.8 Å². The molecule has 0 radical (unpaired) electrons. The topological polar surface area (TPSA) is 97.3 Å². The molecule has 1 aliphatic rings. The van der Waals surface area contributed by atoms with E-state index in [0.717, 1.165) is 48.2 Å². The molecule has 1 saturated heterocycles. The molecule has 3 N–H and O–H groups in total. The highest BCUT2D eigenvalue weighted by Gasteiger charge is 2.22. The summed E-state index contributed by atoms with van der Waals surface area (Å²) in [6.07, 6.45) is 2.99. The number of nitrogens with zero attached hydrogens (tertiary/aromatic N) is 2. The fraction of sp³-hybridized carbons (Fsp3) is 0.348. The van der Waals surface area contributed by atoms with E-state index in [4.69, 9.17) is 9.72 Å². The van der Waals surface area contributed by atoms with Crippen LogP contribution in [0.1, 0.15) is 25.1 Å². The van der Waals surface area contributed by atoms with Crippen molar-refractivity contribution in [2.24, 2.45) is 7.05 Å². The van der Waals surface area contributed by atoms with E-state index in [1.807, 2.05) is 60.1 Å². The van der Waals surface area contributed by atoms with Gasteiger partial charge >= 0.3 is 6.03 Å². The third-order valence-electron chi connectivity index (χ3n) is 5.36. The van der Waals surface area contributed by atoms with Gasteiger partial charge in [0.25, 0.3) is 0 Å². The van der Waals surface area contributed by atoms with Crippen LogP contribution in [0.4, 0.5) is 16.2 Å². The number of para-hydroxylation sites is 1. The summed E-state index contributed by atoms with van der Waals surface area (Å²) < 4.78 is 7.44. The lowest BCUT2D eigenvalue weighted by Gasteiger charge is -2.10. The molecule has 3 aromatic rings. The lowest BCUT2D eigenvalue weighted by Crippen LogP contribution is -2.34. The highest BCUT2D eigenvalue weighted by Crippen LogP contribution is 2.21. The molecule has 1 atom stereocenters. The number of urea groups is 1. The molecule has 4 rings (SSSR count). The molecule has 8 nitrogen and oxygen atoms in total. The number of carbonyl (C=O) groups is 2. The number of imidazole rings is 1. The summed E-state index contributed by atoms with van der Waals surface area (Å²) in [5.74, 6) is 0.916. The average Bonchev–Trinajstić information content (AvgIpc) is 3.40. The summed E-state index contributed by atoms with van der Waals surface area (Å²) in [7, 11) is 1.98. The van der Waals surface area contributed by atoms with Crippen molar-refractivity contribution in [3.8, 4) is 0 Å². The SMILES string of the molecule is Cn1c(CCCNC(=O)C2CCCO2)nc2cc(NC(=O)Nc3ccccc3)ccc21. The molecule has 0 bridgehead atoms. The highest BCUT2D eigenvalue weighted by atomic mass is 16.5. The van der Waals surface area contributed by atoms with Crippen LogP contribution in [0.3, 0.4) is 0 Å². The second-order valence-corrected chi connectivity index (χ2v) is 7.63. The molecule has 3 amide bonds. The molecular weight excluding hydrogens is 394 g/mol. The van der Waals surface area contributed by atoms with Gasteiger partial charge in [-0.05, 0) is 49.6 Å². The molecule has 1 unspecified atom stereocenters. The van der Waals surface area contributed by atoms with E-state index in [1.165, 1.54) is 0 Å². The van der Waals surface area contributed by atoms with Crippen LogP contribution >= 0.6 is 0 Å². The van der Waals surface area contributed by atoms with Crippen LogP contribution in [-0.2, 0) is 23.0 Å². The van der Waals surface area contributed by atoms with E-state index < -0.39 is 0 Å². The lowest BCUT2D eigenvalue weighted by molar-refractivity contribution is -0.130. The number of anilines is 2. The smallest absolute Gasteiger partial charge is 0.323 e. The van der Waals surface area contributed by atoms with E-state index in [-0.39, 0.29) is 18.0 Å². The maximum atomic E-state index is 12.2. The number of ether oxygens (including phenoxy) is 1. The predicted octanol–water partition coefficient (Wildman–Crippen LogP) is 3.45. The Balaban J connectivity index is 1.32. The Hall–Kier alpha value is -3.39. The average molecular weight is 422 g/mol. The Labute approximate surface area is 181 Å². The third kappa shape index (κ3) is 5.21. The monoisotopic (exact) mass is 421 g/mol. The molecule has 162 valence electrons. The summed E-state index contributed by atoms with van der Waals surface area (Å²) in [6, 6.07) is 14.7. The maximum Gasteiger partial charge on any atom is 0.323 e. The van der Waals surface area contributed by atoms with Crippen molar-refractivity contribution in [2.75, 3.05) is 23.8 Å². The molecule has 0 saturated carbocycles. The van der Waals surface area contributed by atoms with Gasteiger partial charge in [-0.25, -0.2) is 9.78 Å². The van der Waals surface area contributed by atoms with Crippen molar-refractivity contribution >= 4 is 34.3 Å². The van der Waals surface area contributed by atoms with Gasteiger partial charge in [0.1, 0.15) is 11.9 Å². The molecular formula is C23H27N5O3. The largest absolute Gasteiger partial charge is 0.368 e. The molecule has 1 fully saturated rings. The van der Waals surface area contributed by atoms with Crippen molar-refractivity contribution in [1.82, 2.24) is 14.9 Å². The fourth-order valence-electron chi connectivity index (χ4n) is 3.72. The van der Waals surface area contributed by atoms with Crippen molar-refractivity contribution in [3.05, 3.63) is 54.4 Å². The van der Waals surface area contributed by atoms with Crippen LogP contribution in [0.2, 0.25) is 0 Å². The number of benzene rings is 2. The van der Waals surface area contributed by atoms with E-state index >= 15 is 0 Å². The summed E-state index contributed by atoms with van der Waals surface area (Å²) in [5, 5.41) is 8.59. The summed E-state index contributed by atoms with van der Waals surface area (Å²) in [4.78, 5) is 28.9. The molecule has 1 aliphatic heterocycles. The van der Waals surface area contributed by atoms with Crippen LogP contribution < -0.4 is 16.0 Å². The van der Waals surface area contributed by atoms with Crippen molar-refractivity contribution in [1.29, 1.82) is 0 Å². The fourth-order valence-corrected chi connectivity index (χ4v) is 3.72. The zero-order valence-corrected chi connectivity index (χ0v) is 17.6. The number of aromatic nitrogens is 2. The minimum absolute atomic E-state index is 0.0213. The van der Waals surface area contributed by atoms with Crippen molar-refractivity contribution in [2.45, 2.75) is 31.8 Å². The number of amides is 3. The Kier molecular flexibility index (Phi) is 6.47. The molecule has 31 heavy (non-hydrogen) atoms. The zero-order chi connectivity index (χ0) is 21.6. The van der Waals surface area contributed by atoms with Crippen LogP contribution in [0.25, 0.3) is 11.0 Å². The normalized spacial score (nSPS) is 15.7. The van der Waals surface area contributed by atoms with Gasteiger partial charge in [-0.1, -0.05) is 18.2 Å². The standard InChI is InChI=1S/C23H27N5O3/c1-28-19-12-11-17(26-23(30)25-16-7-3-2-4-8-16)15-18(19)27-21(28)10-5-13-24-22(29)20-9-6-14-31-20/h2-4,7-8,11-12,15,20H,5-6,9-10,13-14H2,1H3,(H,24,29)(H2,25,26,30). The number of hydrogen-bond donors (Lipinski definition) is 3. The van der Waals surface area contributed by atoms with Gasteiger partial charge in [0.15, 0.2) is 0 Å². The first-order valence-corrected chi connectivity index (χ1v) is 10.6. The molecule has 0 aliphatic carbocycles. The minimum Gasteiger partial charge on any atom is -0.368 e. The van der Waals surface area contributed by atoms with E-state index in [2.05, 4.69) is 16.0 Å². The first-order chi connectivity index (χ1) is 15.1. The van der Waals surface area contributed by atoms with E-state index in [9.17, 15) is 9.59 Å². The van der Waals surface area contributed by atoms with Crippen LogP contribution in [0, 0.1) is 0 Å². The van der Waals surface area contributed by atoms with Gasteiger partial charge in [-0.2, -0.15) is 0 Å². The van der Waals surface area contributed by atoms with Crippen LogP contribution in [-0.4, -0.2) is 40.7 Å². The quantitative estimate of drug-likeness (QED) is 0.509. The first-order valence-electron chi connectivity index (χ1n) is 10.6. The van der Waals surface area contributed by atoms with Crippen molar-refractivity contribution in [3.63, 3.8) is 0 Å². The summed E-state index contributed by atoms with van der Waals surface area (Å²) in [6.45, 7) is 1.26. The molecule has 1 aromatic heterocycles. The number of carbonyl (C=O) groups excluding carboxylic acids is 2. The van der Waals surface area contributed by atoms with Crippen LogP contribution in [0.5, 0.6) is 0 Å². The Bertz CT molecular complexity index is 1060. The molecule has 8 heteroatoms. The Morgan fingerprint density at radius 3 is 2.71 bits per heavy atom. The number of nitrogens with one attached hydrogen (secondary N) is 3. The van der Waals surface area contributed by atoms with Gasteiger partial charge < -0.3 is 25.3 Å². The van der Waals surface area contributed by atoms with E-state index in [1.54, 1.807) is 0 Å². The van der Waals surface area contributed by atoms with Gasteiger partial charge in [-0.15, -0.1) is 0 Å². The molecule has 0 spiro atoms. The maximum absolute atomic E-state index is 12.2. The number of rotatable bonds is 7. The Morgan fingerprint density at radius 2 is 1.94 bits per heavy atom. The lowest BCUT2D eigenvalue weighted by atomic mass is 10.2. The summed E-state index contributed by atoms with van der Waals surface area (Å²) >= 11 is 0. The number of fused-ring (bicyclic) bond motifs is 1.